The lowest BCUT2D eigenvalue weighted by molar-refractivity contribution is -0.125. The van der Waals surface area contributed by atoms with E-state index in [0.717, 1.165) is 0 Å². The topological polar surface area (TPSA) is 61.4 Å². The van der Waals surface area contributed by atoms with Crippen LogP contribution in [0.2, 0.25) is 0 Å². The SMILES string of the molecule is CCNC(=O)C1CC(NC(C)=O)CN1Cc1cccc(-c2ccccc2C)c1. The van der Waals surface area contributed by atoms with Gasteiger partial charge in [0, 0.05) is 32.6 Å². The molecule has 1 saturated heterocycles. The van der Waals surface area contributed by atoms with Gasteiger partial charge in [0.25, 0.3) is 0 Å². The molecule has 0 bridgehead atoms. The quantitative estimate of drug-likeness (QED) is 0.811. The Morgan fingerprint density at radius 2 is 1.93 bits per heavy atom. The van der Waals surface area contributed by atoms with Crippen molar-refractivity contribution in [1.82, 2.24) is 15.5 Å². The molecule has 0 spiro atoms. The van der Waals surface area contributed by atoms with Crippen LogP contribution >= 0.6 is 0 Å². The molecule has 1 aliphatic rings. The molecule has 148 valence electrons. The minimum Gasteiger partial charge on any atom is -0.355 e. The second-order valence-corrected chi connectivity index (χ2v) is 7.49. The maximum Gasteiger partial charge on any atom is 0.237 e. The van der Waals surface area contributed by atoms with Crippen LogP contribution in [0, 0.1) is 6.92 Å². The first-order chi connectivity index (χ1) is 13.5. The number of likely N-dealkylation sites (tertiary alicyclic amines) is 1. The number of rotatable bonds is 6. The Kier molecular flexibility index (Phi) is 6.47. The fourth-order valence-corrected chi connectivity index (χ4v) is 4.00. The zero-order valence-electron chi connectivity index (χ0n) is 16.9. The molecule has 5 heteroatoms. The van der Waals surface area contributed by atoms with Gasteiger partial charge in [-0.3, -0.25) is 14.5 Å². The Bertz CT molecular complexity index is 849. The van der Waals surface area contributed by atoms with Crippen molar-refractivity contribution in [3.05, 3.63) is 59.7 Å². The van der Waals surface area contributed by atoms with Gasteiger partial charge in [0.15, 0.2) is 0 Å². The van der Waals surface area contributed by atoms with Gasteiger partial charge >= 0.3 is 0 Å². The summed E-state index contributed by atoms with van der Waals surface area (Å²) in [6.45, 7) is 7.53. The van der Waals surface area contributed by atoms with Crippen LogP contribution in [0.15, 0.2) is 48.5 Å². The summed E-state index contributed by atoms with van der Waals surface area (Å²) in [6, 6.07) is 16.6. The fraction of sp³-hybridized carbons (Fsp3) is 0.391. The molecular formula is C23H29N3O2. The number of nitrogens with one attached hydrogen (secondary N) is 2. The van der Waals surface area contributed by atoms with Crippen molar-refractivity contribution in [3.8, 4) is 11.1 Å². The maximum atomic E-state index is 12.5. The first-order valence-electron chi connectivity index (χ1n) is 9.91. The van der Waals surface area contributed by atoms with E-state index in [1.54, 1.807) is 0 Å². The number of likely N-dealkylation sites (N-methyl/N-ethyl adjacent to an activating group) is 1. The van der Waals surface area contributed by atoms with Crippen molar-refractivity contribution in [2.24, 2.45) is 0 Å². The highest BCUT2D eigenvalue weighted by molar-refractivity contribution is 5.82. The monoisotopic (exact) mass is 379 g/mol. The molecule has 2 aromatic carbocycles. The summed E-state index contributed by atoms with van der Waals surface area (Å²) < 4.78 is 0. The van der Waals surface area contributed by atoms with Crippen LogP contribution in [-0.4, -0.2) is 41.9 Å². The van der Waals surface area contributed by atoms with E-state index in [1.165, 1.54) is 29.2 Å². The van der Waals surface area contributed by atoms with Gasteiger partial charge in [0.1, 0.15) is 0 Å². The zero-order chi connectivity index (χ0) is 20.1. The van der Waals surface area contributed by atoms with Gasteiger partial charge in [-0.2, -0.15) is 0 Å². The van der Waals surface area contributed by atoms with Crippen molar-refractivity contribution < 1.29 is 9.59 Å². The average molecular weight is 380 g/mol. The number of hydrogen-bond acceptors (Lipinski definition) is 3. The number of carbonyl (C=O) groups is 2. The summed E-state index contributed by atoms with van der Waals surface area (Å²) in [5.74, 6) is -0.0199. The Morgan fingerprint density at radius 1 is 1.14 bits per heavy atom. The lowest BCUT2D eigenvalue weighted by Gasteiger charge is -2.23. The summed E-state index contributed by atoms with van der Waals surface area (Å²) in [6.07, 6.45) is 0.642. The molecule has 28 heavy (non-hydrogen) atoms. The molecule has 1 heterocycles. The van der Waals surface area contributed by atoms with Gasteiger partial charge in [-0.1, -0.05) is 42.5 Å². The molecule has 0 aliphatic carbocycles. The molecule has 0 radical (unpaired) electrons. The molecule has 0 saturated carbocycles. The summed E-state index contributed by atoms with van der Waals surface area (Å²) in [4.78, 5) is 26.2. The number of amides is 2. The van der Waals surface area contributed by atoms with Crippen LogP contribution in [0.5, 0.6) is 0 Å². The lowest BCUT2D eigenvalue weighted by atomic mass is 9.99. The van der Waals surface area contributed by atoms with E-state index in [1.807, 2.05) is 13.0 Å². The van der Waals surface area contributed by atoms with E-state index in [4.69, 9.17) is 0 Å². The molecule has 1 aliphatic heterocycles. The van der Waals surface area contributed by atoms with Crippen molar-refractivity contribution in [2.45, 2.75) is 45.8 Å². The highest BCUT2D eigenvalue weighted by Gasteiger charge is 2.36. The van der Waals surface area contributed by atoms with Gasteiger partial charge in [-0.05, 0) is 48.6 Å². The van der Waals surface area contributed by atoms with Crippen molar-refractivity contribution >= 4 is 11.8 Å². The minimum atomic E-state index is -0.223. The average Bonchev–Trinajstić information content (AvgIpc) is 3.04. The first kappa shape index (κ1) is 20.1. The van der Waals surface area contributed by atoms with Gasteiger partial charge in [-0.25, -0.2) is 0 Å². The third kappa shape index (κ3) is 4.78. The summed E-state index contributed by atoms with van der Waals surface area (Å²) in [5.41, 5.74) is 4.82. The third-order valence-electron chi connectivity index (χ3n) is 5.23. The van der Waals surface area contributed by atoms with Crippen molar-refractivity contribution in [1.29, 1.82) is 0 Å². The molecule has 2 N–H and O–H groups in total. The van der Waals surface area contributed by atoms with E-state index >= 15 is 0 Å². The van der Waals surface area contributed by atoms with Crippen LogP contribution in [0.3, 0.4) is 0 Å². The Balaban J connectivity index is 1.80. The number of hydrogen-bond donors (Lipinski definition) is 2. The van der Waals surface area contributed by atoms with Crippen LogP contribution in [0.4, 0.5) is 0 Å². The van der Waals surface area contributed by atoms with Crippen LogP contribution in [-0.2, 0) is 16.1 Å². The van der Waals surface area contributed by atoms with Gasteiger partial charge in [-0.15, -0.1) is 0 Å². The molecule has 2 amide bonds. The number of benzene rings is 2. The standard InChI is InChI=1S/C23H29N3O2/c1-4-24-23(28)22-13-20(25-17(3)27)15-26(22)14-18-9-7-10-19(12-18)21-11-6-5-8-16(21)2/h5-12,20,22H,4,13-15H2,1-3H3,(H,24,28)(H,25,27). The molecule has 3 rings (SSSR count). The largest absolute Gasteiger partial charge is 0.355 e. The van der Waals surface area contributed by atoms with E-state index < -0.39 is 0 Å². The molecule has 0 aromatic heterocycles. The molecule has 1 fully saturated rings. The molecular weight excluding hydrogens is 350 g/mol. The summed E-state index contributed by atoms with van der Waals surface area (Å²) >= 11 is 0. The number of aryl methyl sites for hydroxylation is 1. The van der Waals surface area contributed by atoms with Crippen LogP contribution in [0.25, 0.3) is 11.1 Å². The van der Waals surface area contributed by atoms with Crippen molar-refractivity contribution in [3.63, 3.8) is 0 Å². The van der Waals surface area contributed by atoms with E-state index in [2.05, 4.69) is 64.9 Å². The Labute approximate surface area is 167 Å². The molecule has 2 aromatic rings. The summed E-state index contributed by atoms with van der Waals surface area (Å²) in [7, 11) is 0. The number of nitrogens with zero attached hydrogens (tertiary/aromatic N) is 1. The second-order valence-electron chi connectivity index (χ2n) is 7.49. The lowest BCUT2D eigenvalue weighted by Crippen LogP contribution is -2.42. The van der Waals surface area contributed by atoms with Gasteiger partial charge in [0.2, 0.25) is 11.8 Å². The number of carbonyl (C=O) groups excluding carboxylic acids is 2. The van der Waals surface area contributed by atoms with E-state index in [0.29, 0.717) is 26.1 Å². The highest BCUT2D eigenvalue weighted by Crippen LogP contribution is 2.26. The molecule has 5 nitrogen and oxygen atoms in total. The normalized spacial score (nSPS) is 19.4. The Hall–Kier alpha value is -2.66. The zero-order valence-corrected chi connectivity index (χ0v) is 16.9. The summed E-state index contributed by atoms with van der Waals surface area (Å²) in [5, 5.41) is 5.90. The van der Waals surface area contributed by atoms with Crippen molar-refractivity contribution in [2.75, 3.05) is 13.1 Å². The van der Waals surface area contributed by atoms with Crippen LogP contribution in [0.1, 0.15) is 31.4 Å². The predicted molar refractivity (Wildman–Crippen MR) is 112 cm³/mol. The highest BCUT2D eigenvalue weighted by atomic mass is 16.2. The first-order valence-corrected chi connectivity index (χ1v) is 9.91. The fourth-order valence-electron chi connectivity index (χ4n) is 4.00. The maximum absolute atomic E-state index is 12.5. The van der Waals surface area contributed by atoms with Gasteiger partial charge in [0.05, 0.1) is 6.04 Å². The predicted octanol–water partition coefficient (Wildman–Crippen LogP) is 2.88. The minimum absolute atomic E-state index is 0.00431. The molecule has 2 unspecified atom stereocenters. The Morgan fingerprint density at radius 3 is 2.64 bits per heavy atom. The van der Waals surface area contributed by atoms with Crippen LogP contribution < -0.4 is 10.6 Å². The van der Waals surface area contributed by atoms with E-state index in [9.17, 15) is 9.59 Å². The van der Waals surface area contributed by atoms with Gasteiger partial charge < -0.3 is 10.6 Å². The molecule has 2 atom stereocenters. The second kappa shape index (κ2) is 9.02. The van der Waals surface area contributed by atoms with E-state index in [-0.39, 0.29) is 23.9 Å². The third-order valence-corrected chi connectivity index (χ3v) is 5.23. The smallest absolute Gasteiger partial charge is 0.237 e.